The number of aryl methyl sites for hydroxylation is 1. The van der Waals surface area contributed by atoms with Crippen LogP contribution in [-0.4, -0.2) is 21.1 Å². The van der Waals surface area contributed by atoms with Crippen LogP contribution < -0.4 is 11.1 Å². The Morgan fingerprint density at radius 2 is 2.26 bits per heavy atom. The summed E-state index contributed by atoms with van der Waals surface area (Å²) in [6.07, 6.45) is 1.49. The molecule has 1 aromatic carbocycles. The Kier molecular flexibility index (Phi) is 3.96. The number of rotatable bonds is 3. The molecule has 4 N–H and O–H groups in total. The van der Waals surface area contributed by atoms with Crippen LogP contribution in [0.25, 0.3) is 0 Å². The van der Waals surface area contributed by atoms with Crippen LogP contribution >= 0.6 is 28.1 Å². The van der Waals surface area contributed by atoms with E-state index < -0.39 is 0 Å². The van der Waals surface area contributed by atoms with Crippen molar-refractivity contribution < 1.29 is 4.79 Å². The monoisotopic (exact) mass is 338 g/mol. The molecule has 0 atom stereocenters. The average Bonchev–Trinajstić information content (AvgIpc) is 2.77. The van der Waals surface area contributed by atoms with Gasteiger partial charge in [0.25, 0.3) is 5.91 Å². The van der Waals surface area contributed by atoms with Gasteiger partial charge >= 0.3 is 0 Å². The maximum Gasteiger partial charge on any atom is 0.259 e. The van der Waals surface area contributed by atoms with Crippen molar-refractivity contribution in [1.82, 2.24) is 10.2 Å². The summed E-state index contributed by atoms with van der Waals surface area (Å²) in [6.45, 7) is 1.78. The summed E-state index contributed by atoms with van der Waals surface area (Å²) in [4.78, 5) is 12.3. The van der Waals surface area contributed by atoms with Crippen LogP contribution in [0.5, 0.6) is 0 Å². The third-order valence-corrected chi connectivity index (χ3v) is 3.47. The maximum atomic E-state index is 12.0. The van der Waals surface area contributed by atoms with Crippen molar-refractivity contribution in [3.63, 3.8) is 0 Å². The van der Waals surface area contributed by atoms with Gasteiger partial charge in [-0.1, -0.05) is 12.2 Å². The zero-order valence-electron chi connectivity index (χ0n) is 10.0. The summed E-state index contributed by atoms with van der Waals surface area (Å²) in [6, 6.07) is 5.26. The summed E-state index contributed by atoms with van der Waals surface area (Å²) in [5.74, 6) is -0.227. The van der Waals surface area contributed by atoms with Gasteiger partial charge in [0.2, 0.25) is 0 Å². The number of amides is 1. The Labute approximate surface area is 123 Å². The lowest BCUT2D eigenvalue weighted by Crippen LogP contribution is -2.14. The number of aromatic amines is 1. The number of benzene rings is 1. The summed E-state index contributed by atoms with van der Waals surface area (Å²) in [5, 5.41) is 9.32. The predicted octanol–water partition coefficient (Wildman–Crippen LogP) is 2.37. The second-order valence-electron chi connectivity index (χ2n) is 3.92. The number of carbonyl (C=O) groups excluding carboxylic acids is 1. The molecule has 0 unspecified atom stereocenters. The van der Waals surface area contributed by atoms with Crippen molar-refractivity contribution in [3.8, 4) is 0 Å². The fourth-order valence-electron chi connectivity index (χ4n) is 1.54. The molecule has 1 heterocycles. The van der Waals surface area contributed by atoms with E-state index in [4.69, 9.17) is 18.0 Å². The molecule has 5 nitrogen and oxygen atoms in total. The second-order valence-corrected chi connectivity index (χ2v) is 5.22. The smallest absolute Gasteiger partial charge is 0.259 e. The molecule has 0 bridgehead atoms. The SMILES string of the molecule is Cc1[nH]ncc1C(=O)Nc1ccc(C(N)=S)cc1Br. The Hall–Kier alpha value is -1.73. The highest BCUT2D eigenvalue weighted by molar-refractivity contribution is 9.10. The molecule has 0 saturated heterocycles. The van der Waals surface area contributed by atoms with Crippen molar-refractivity contribution in [2.75, 3.05) is 5.32 Å². The number of hydrogen-bond donors (Lipinski definition) is 3. The van der Waals surface area contributed by atoms with E-state index in [9.17, 15) is 4.79 Å². The average molecular weight is 339 g/mol. The number of anilines is 1. The molecule has 98 valence electrons. The topological polar surface area (TPSA) is 83.8 Å². The lowest BCUT2D eigenvalue weighted by molar-refractivity contribution is 0.102. The minimum Gasteiger partial charge on any atom is -0.389 e. The summed E-state index contributed by atoms with van der Waals surface area (Å²) in [7, 11) is 0. The zero-order chi connectivity index (χ0) is 14.0. The first kappa shape index (κ1) is 13.7. The molecule has 2 rings (SSSR count). The number of nitrogens with one attached hydrogen (secondary N) is 2. The minimum atomic E-state index is -0.227. The number of nitrogens with zero attached hydrogens (tertiary/aromatic N) is 1. The first-order valence-electron chi connectivity index (χ1n) is 5.39. The Bertz CT molecular complexity index is 653. The number of carbonyl (C=O) groups is 1. The minimum absolute atomic E-state index is 0.227. The van der Waals surface area contributed by atoms with Gasteiger partial charge in [0.05, 0.1) is 17.4 Å². The zero-order valence-corrected chi connectivity index (χ0v) is 12.4. The Morgan fingerprint density at radius 1 is 1.53 bits per heavy atom. The van der Waals surface area contributed by atoms with E-state index in [1.54, 1.807) is 25.1 Å². The van der Waals surface area contributed by atoms with Gasteiger partial charge in [0.1, 0.15) is 4.99 Å². The first-order chi connectivity index (χ1) is 8.99. The van der Waals surface area contributed by atoms with E-state index in [-0.39, 0.29) is 5.91 Å². The van der Waals surface area contributed by atoms with Gasteiger partial charge in [-0.3, -0.25) is 9.89 Å². The number of aromatic nitrogens is 2. The maximum absolute atomic E-state index is 12.0. The second kappa shape index (κ2) is 5.50. The molecular weight excluding hydrogens is 328 g/mol. The molecule has 1 aromatic heterocycles. The van der Waals surface area contributed by atoms with Crippen LogP contribution in [0.2, 0.25) is 0 Å². The van der Waals surface area contributed by atoms with Crippen LogP contribution in [0.3, 0.4) is 0 Å². The first-order valence-corrected chi connectivity index (χ1v) is 6.60. The molecular formula is C12H11BrN4OS. The molecule has 0 aliphatic heterocycles. The summed E-state index contributed by atoms with van der Waals surface area (Å²) >= 11 is 8.26. The third kappa shape index (κ3) is 2.99. The van der Waals surface area contributed by atoms with Crippen molar-refractivity contribution in [3.05, 3.63) is 45.7 Å². The Morgan fingerprint density at radius 3 is 2.79 bits per heavy atom. The van der Waals surface area contributed by atoms with E-state index in [1.807, 2.05) is 0 Å². The quantitative estimate of drug-likeness (QED) is 0.750. The van der Waals surface area contributed by atoms with Gasteiger partial charge in [-0.05, 0) is 41.1 Å². The fourth-order valence-corrected chi connectivity index (χ4v) is 2.14. The van der Waals surface area contributed by atoms with E-state index in [1.165, 1.54) is 6.20 Å². The largest absolute Gasteiger partial charge is 0.389 e. The van der Waals surface area contributed by atoms with Crippen LogP contribution in [0, 0.1) is 6.92 Å². The number of halogens is 1. The lowest BCUT2D eigenvalue weighted by Gasteiger charge is -2.08. The standard InChI is InChI=1S/C12H11BrN4OS/c1-6-8(5-15-17-6)12(18)16-10-3-2-7(11(14)19)4-9(10)13/h2-5H,1H3,(H2,14,19)(H,15,17)(H,16,18). The van der Waals surface area contributed by atoms with Crippen LogP contribution in [0.1, 0.15) is 21.6 Å². The highest BCUT2D eigenvalue weighted by Gasteiger charge is 2.12. The highest BCUT2D eigenvalue weighted by Crippen LogP contribution is 2.24. The molecule has 2 aromatic rings. The van der Waals surface area contributed by atoms with E-state index >= 15 is 0 Å². The molecule has 0 aliphatic carbocycles. The summed E-state index contributed by atoms with van der Waals surface area (Å²) in [5.41, 5.74) is 8.14. The number of nitrogens with two attached hydrogens (primary N) is 1. The van der Waals surface area contributed by atoms with Crippen LogP contribution in [0.15, 0.2) is 28.9 Å². The molecule has 7 heteroatoms. The van der Waals surface area contributed by atoms with Crippen molar-refractivity contribution in [2.24, 2.45) is 5.73 Å². The van der Waals surface area contributed by atoms with E-state index in [2.05, 4.69) is 31.4 Å². The molecule has 0 saturated carbocycles. The number of H-pyrrole nitrogens is 1. The molecule has 1 amide bonds. The van der Waals surface area contributed by atoms with Crippen LogP contribution in [0.4, 0.5) is 5.69 Å². The van der Waals surface area contributed by atoms with Crippen molar-refractivity contribution in [2.45, 2.75) is 6.92 Å². The molecule has 0 fully saturated rings. The molecule has 0 radical (unpaired) electrons. The predicted molar refractivity (Wildman–Crippen MR) is 81.3 cm³/mol. The van der Waals surface area contributed by atoms with Gasteiger partial charge in [0.15, 0.2) is 0 Å². The van der Waals surface area contributed by atoms with Crippen LogP contribution in [-0.2, 0) is 0 Å². The number of thiocarbonyl (C=S) groups is 1. The van der Waals surface area contributed by atoms with Crippen molar-refractivity contribution >= 4 is 44.7 Å². The lowest BCUT2D eigenvalue weighted by atomic mass is 10.2. The van der Waals surface area contributed by atoms with E-state index in [0.717, 1.165) is 5.56 Å². The summed E-state index contributed by atoms with van der Waals surface area (Å²) < 4.78 is 0.715. The molecule has 0 spiro atoms. The van der Waals surface area contributed by atoms with Gasteiger partial charge < -0.3 is 11.1 Å². The Balaban J connectivity index is 2.23. The molecule has 19 heavy (non-hydrogen) atoms. The fraction of sp³-hybridized carbons (Fsp3) is 0.0833. The van der Waals surface area contributed by atoms with Crippen molar-refractivity contribution in [1.29, 1.82) is 0 Å². The third-order valence-electron chi connectivity index (χ3n) is 2.58. The van der Waals surface area contributed by atoms with Gasteiger partial charge in [-0.15, -0.1) is 0 Å². The van der Waals surface area contributed by atoms with E-state index in [0.29, 0.717) is 26.4 Å². The highest BCUT2D eigenvalue weighted by atomic mass is 79.9. The van der Waals surface area contributed by atoms with Gasteiger partial charge in [-0.25, -0.2) is 0 Å². The number of hydrogen-bond acceptors (Lipinski definition) is 3. The molecule has 0 aliphatic rings. The normalized spacial score (nSPS) is 10.2. The van der Waals surface area contributed by atoms with Gasteiger partial charge in [0, 0.05) is 15.7 Å². The van der Waals surface area contributed by atoms with Gasteiger partial charge in [-0.2, -0.15) is 5.10 Å².